The van der Waals surface area contributed by atoms with Gasteiger partial charge in [-0.1, -0.05) is 19.3 Å². The van der Waals surface area contributed by atoms with E-state index >= 15 is 0 Å². The molecule has 0 unspecified atom stereocenters. The predicted molar refractivity (Wildman–Crippen MR) is 79.4 cm³/mol. The van der Waals surface area contributed by atoms with Gasteiger partial charge in [0.25, 0.3) is 0 Å². The van der Waals surface area contributed by atoms with Crippen LogP contribution in [0.4, 0.5) is 0 Å². The van der Waals surface area contributed by atoms with Crippen LogP contribution in [0.2, 0.25) is 0 Å². The lowest BCUT2D eigenvalue weighted by Gasteiger charge is -2.49. The first-order chi connectivity index (χ1) is 9.09. The largest absolute Gasteiger partial charge is 0.375 e. The molecule has 1 saturated carbocycles. The molecule has 0 bridgehead atoms. The van der Waals surface area contributed by atoms with Gasteiger partial charge < -0.3 is 9.64 Å². The zero-order valence-corrected chi connectivity index (χ0v) is 12.9. The molecular weight excluding hydrogens is 234 g/mol. The van der Waals surface area contributed by atoms with E-state index in [-0.39, 0.29) is 5.60 Å². The van der Waals surface area contributed by atoms with Crippen LogP contribution in [0.5, 0.6) is 0 Å². The molecule has 19 heavy (non-hydrogen) atoms. The monoisotopic (exact) mass is 265 g/mol. The van der Waals surface area contributed by atoms with Gasteiger partial charge in [-0.25, -0.2) is 0 Å². The fourth-order valence-corrected chi connectivity index (χ4v) is 4.26. The van der Waals surface area contributed by atoms with Crippen molar-refractivity contribution < 1.29 is 4.74 Å². The molecule has 1 spiro atoms. The van der Waals surface area contributed by atoms with Crippen molar-refractivity contribution in [1.29, 1.82) is 0 Å². The second kappa shape index (κ2) is 5.37. The Morgan fingerprint density at radius 1 is 0.895 bits per heavy atom. The van der Waals surface area contributed by atoms with Crippen molar-refractivity contribution in [1.82, 2.24) is 4.90 Å². The number of likely N-dealkylation sites (tertiary alicyclic amines) is 1. The maximum Gasteiger partial charge on any atom is 0.0627 e. The van der Waals surface area contributed by atoms with Crippen LogP contribution in [-0.4, -0.2) is 36.2 Å². The molecule has 0 atom stereocenters. The second-order valence-electron chi connectivity index (χ2n) is 7.88. The summed E-state index contributed by atoms with van der Waals surface area (Å²) in [6.45, 7) is 8.16. The number of hydrogen-bond donors (Lipinski definition) is 0. The summed E-state index contributed by atoms with van der Waals surface area (Å²) < 4.78 is 6.12. The molecule has 0 radical (unpaired) electrons. The minimum Gasteiger partial charge on any atom is -0.375 e. The molecule has 3 aliphatic rings. The Labute approximate surface area is 118 Å². The fourth-order valence-electron chi connectivity index (χ4n) is 4.26. The highest BCUT2D eigenvalue weighted by Gasteiger charge is 2.42. The maximum atomic E-state index is 6.12. The average Bonchev–Trinajstić information content (AvgIpc) is 2.45. The lowest BCUT2D eigenvalue weighted by Crippen LogP contribution is -2.50. The summed E-state index contributed by atoms with van der Waals surface area (Å²) in [6, 6.07) is 0.909. The van der Waals surface area contributed by atoms with Crippen LogP contribution in [0.3, 0.4) is 0 Å². The first-order valence-electron chi connectivity index (χ1n) is 8.47. The van der Waals surface area contributed by atoms with Gasteiger partial charge in [-0.2, -0.15) is 0 Å². The van der Waals surface area contributed by atoms with Crippen molar-refractivity contribution in [2.24, 2.45) is 5.41 Å². The molecular formula is C17H31NO. The van der Waals surface area contributed by atoms with Gasteiger partial charge in [0.15, 0.2) is 0 Å². The van der Waals surface area contributed by atoms with Gasteiger partial charge in [0, 0.05) is 6.04 Å². The molecule has 0 aromatic heterocycles. The van der Waals surface area contributed by atoms with Crippen molar-refractivity contribution in [3.8, 4) is 0 Å². The summed E-state index contributed by atoms with van der Waals surface area (Å²) in [5.41, 5.74) is 0.659. The Morgan fingerprint density at radius 2 is 1.58 bits per heavy atom. The van der Waals surface area contributed by atoms with Gasteiger partial charge in [0.1, 0.15) is 0 Å². The summed E-state index contributed by atoms with van der Waals surface area (Å²) >= 11 is 0. The first-order valence-corrected chi connectivity index (χ1v) is 8.47. The molecule has 2 nitrogen and oxygen atoms in total. The minimum atomic E-state index is 0.131. The molecule has 0 N–H and O–H groups in total. The predicted octanol–water partition coefficient (Wildman–Crippen LogP) is 3.99. The number of ether oxygens (including phenoxy) is 1. The van der Waals surface area contributed by atoms with E-state index in [2.05, 4.69) is 18.7 Å². The highest BCUT2D eigenvalue weighted by Crippen LogP contribution is 2.44. The van der Waals surface area contributed by atoms with Gasteiger partial charge in [-0.15, -0.1) is 0 Å². The Balaban J connectivity index is 1.51. The number of rotatable bonds is 1. The molecule has 3 rings (SSSR count). The molecule has 0 aromatic rings. The van der Waals surface area contributed by atoms with E-state index in [0.717, 1.165) is 12.6 Å². The summed E-state index contributed by atoms with van der Waals surface area (Å²) in [5.74, 6) is 0. The van der Waals surface area contributed by atoms with Crippen LogP contribution in [-0.2, 0) is 4.74 Å². The first kappa shape index (κ1) is 13.9. The zero-order chi connectivity index (χ0) is 13.3. The van der Waals surface area contributed by atoms with Gasteiger partial charge in [0.2, 0.25) is 0 Å². The molecule has 3 fully saturated rings. The van der Waals surface area contributed by atoms with Gasteiger partial charge in [-0.3, -0.25) is 0 Å². The molecule has 2 saturated heterocycles. The van der Waals surface area contributed by atoms with Crippen LogP contribution in [0.15, 0.2) is 0 Å². The number of nitrogens with zero attached hydrogens (tertiary/aromatic N) is 1. The summed E-state index contributed by atoms with van der Waals surface area (Å²) in [4.78, 5) is 2.80. The van der Waals surface area contributed by atoms with E-state index in [1.807, 2.05) is 0 Å². The van der Waals surface area contributed by atoms with E-state index in [0.29, 0.717) is 5.41 Å². The van der Waals surface area contributed by atoms with Gasteiger partial charge >= 0.3 is 0 Å². The molecule has 2 heteroatoms. The van der Waals surface area contributed by atoms with Crippen LogP contribution in [0, 0.1) is 5.41 Å². The standard InChI is InChI=1S/C17H31NO/c1-16(2)8-9-17(14-19-16)10-12-18(13-11-17)15-6-4-3-5-7-15/h15H,3-14H2,1-2H3. The second-order valence-corrected chi connectivity index (χ2v) is 7.88. The molecule has 0 amide bonds. The van der Waals surface area contributed by atoms with E-state index in [4.69, 9.17) is 4.74 Å². The molecule has 1 aliphatic carbocycles. The zero-order valence-electron chi connectivity index (χ0n) is 12.9. The van der Waals surface area contributed by atoms with E-state index in [1.54, 1.807) is 0 Å². The summed E-state index contributed by atoms with van der Waals surface area (Å²) in [6.07, 6.45) is 12.7. The van der Waals surface area contributed by atoms with Crippen molar-refractivity contribution in [2.45, 2.75) is 83.3 Å². The Morgan fingerprint density at radius 3 is 2.16 bits per heavy atom. The summed E-state index contributed by atoms with van der Waals surface area (Å²) in [7, 11) is 0. The lowest BCUT2D eigenvalue weighted by molar-refractivity contribution is -0.131. The Hall–Kier alpha value is -0.0800. The summed E-state index contributed by atoms with van der Waals surface area (Å²) in [5, 5.41) is 0. The van der Waals surface area contributed by atoms with Crippen LogP contribution in [0.25, 0.3) is 0 Å². The minimum absolute atomic E-state index is 0.131. The van der Waals surface area contributed by atoms with E-state index < -0.39 is 0 Å². The van der Waals surface area contributed by atoms with Crippen molar-refractivity contribution in [3.05, 3.63) is 0 Å². The number of hydrogen-bond acceptors (Lipinski definition) is 2. The molecule has 0 aromatic carbocycles. The third-order valence-corrected chi connectivity index (χ3v) is 5.98. The van der Waals surface area contributed by atoms with E-state index in [1.165, 1.54) is 70.9 Å². The molecule has 110 valence electrons. The number of piperidine rings is 1. The van der Waals surface area contributed by atoms with E-state index in [9.17, 15) is 0 Å². The third kappa shape index (κ3) is 3.16. The highest BCUT2D eigenvalue weighted by atomic mass is 16.5. The smallest absolute Gasteiger partial charge is 0.0627 e. The van der Waals surface area contributed by atoms with Gasteiger partial charge in [0.05, 0.1) is 12.2 Å². The lowest BCUT2D eigenvalue weighted by atomic mass is 9.71. The highest BCUT2D eigenvalue weighted by molar-refractivity contribution is 4.93. The SMILES string of the molecule is CC1(C)CCC2(CCN(C3CCCCC3)CC2)CO1. The van der Waals surface area contributed by atoms with Crippen LogP contribution in [0.1, 0.15) is 71.6 Å². The molecule has 2 heterocycles. The van der Waals surface area contributed by atoms with Gasteiger partial charge in [-0.05, 0) is 70.9 Å². The topological polar surface area (TPSA) is 12.5 Å². The Kier molecular flexibility index (Phi) is 3.92. The quantitative estimate of drug-likeness (QED) is 0.711. The maximum absolute atomic E-state index is 6.12. The van der Waals surface area contributed by atoms with Crippen molar-refractivity contribution >= 4 is 0 Å². The Bertz CT molecular complexity index is 286. The fraction of sp³-hybridized carbons (Fsp3) is 1.00. The van der Waals surface area contributed by atoms with Crippen molar-refractivity contribution in [2.75, 3.05) is 19.7 Å². The third-order valence-electron chi connectivity index (χ3n) is 5.98. The normalized spacial score (nSPS) is 32.5. The van der Waals surface area contributed by atoms with Crippen LogP contribution >= 0.6 is 0 Å². The van der Waals surface area contributed by atoms with Crippen LogP contribution < -0.4 is 0 Å². The molecule has 2 aliphatic heterocycles. The van der Waals surface area contributed by atoms with Crippen molar-refractivity contribution in [3.63, 3.8) is 0 Å². The average molecular weight is 265 g/mol.